The number of nitro benzene ring substituents is 1. The monoisotopic (exact) mass is 195 g/mol. The molecule has 14 heavy (non-hydrogen) atoms. The van der Waals surface area contributed by atoms with E-state index in [-0.39, 0.29) is 17.7 Å². The number of nitrogens with zero attached hydrogens (tertiary/aromatic N) is 1. The second-order valence-corrected chi connectivity index (χ2v) is 2.73. The zero-order valence-corrected chi connectivity index (χ0v) is 7.29. The third kappa shape index (κ3) is 2.14. The van der Waals surface area contributed by atoms with Crippen LogP contribution in [-0.2, 0) is 4.79 Å². The maximum absolute atomic E-state index is 10.5. The molecule has 0 aliphatic rings. The molecular weight excluding hydrogens is 186 g/mol. The molecule has 0 radical (unpaired) electrons. The zero-order chi connectivity index (χ0) is 10.6. The van der Waals surface area contributed by atoms with E-state index in [0.717, 1.165) is 0 Å². The Kier molecular flexibility index (Phi) is 3.30. The smallest absolute Gasteiger partial charge is 0.275 e. The van der Waals surface area contributed by atoms with Gasteiger partial charge in [0, 0.05) is 12.5 Å². The molecule has 1 aromatic rings. The van der Waals surface area contributed by atoms with Gasteiger partial charge in [-0.05, 0) is 6.07 Å². The number of rotatable bonds is 4. The van der Waals surface area contributed by atoms with Gasteiger partial charge in [0.05, 0.1) is 16.6 Å². The van der Waals surface area contributed by atoms with Crippen LogP contribution in [0.4, 0.5) is 5.69 Å². The van der Waals surface area contributed by atoms with E-state index in [1.54, 1.807) is 6.07 Å². The number of carbonyl (C=O) groups is 1. The number of nitro groups is 1. The lowest BCUT2D eigenvalue weighted by Crippen LogP contribution is -2.02. The molecule has 0 unspecified atom stereocenters. The first-order valence-corrected chi connectivity index (χ1v) is 4.02. The van der Waals surface area contributed by atoms with Crippen molar-refractivity contribution in [2.75, 3.05) is 0 Å². The highest BCUT2D eigenvalue weighted by molar-refractivity contribution is 5.53. The maximum atomic E-state index is 10.5. The predicted octanol–water partition coefficient (Wildman–Crippen LogP) is 1.22. The van der Waals surface area contributed by atoms with Gasteiger partial charge in [0.1, 0.15) is 6.29 Å². The van der Waals surface area contributed by atoms with E-state index < -0.39 is 11.0 Å². The summed E-state index contributed by atoms with van der Waals surface area (Å²) in [7, 11) is 0. The fourth-order valence-corrected chi connectivity index (χ4v) is 1.15. The molecule has 0 aliphatic heterocycles. The largest absolute Gasteiger partial charge is 0.388 e. The Labute approximate surface area is 80.1 Å². The number of para-hydroxylation sites is 1. The van der Waals surface area contributed by atoms with Crippen molar-refractivity contribution in [3.8, 4) is 0 Å². The summed E-state index contributed by atoms with van der Waals surface area (Å²) in [4.78, 5) is 20.1. The van der Waals surface area contributed by atoms with Crippen molar-refractivity contribution in [3.05, 3.63) is 39.9 Å². The van der Waals surface area contributed by atoms with Crippen molar-refractivity contribution in [1.82, 2.24) is 0 Å². The van der Waals surface area contributed by atoms with Gasteiger partial charge in [0.25, 0.3) is 5.69 Å². The van der Waals surface area contributed by atoms with Gasteiger partial charge in [-0.2, -0.15) is 0 Å². The van der Waals surface area contributed by atoms with E-state index in [1.807, 2.05) is 0 Å². The highest BCUT2D eigenvalue weighted by atomic mass is 16.6. The third-order valence-electron chi connectivity index (χ3n) is 1.81. The van der Waals surface area contributed by atoms with Gasteiger partial charge in [0.2, 0.25) is 0 Å². The molecule has 1 N–H and O–H groups in total. The molecule has 1 atom stereocenters. The summed E-state index contributed by atoms with van der Waals surface area (Å²) in [5, 5.41) is 20.0. The van der Waals surface area contributed by atoms with E-state index in [0.29, 0.717) is 6.29 Å². The number of carbonyl (C=O) groups excluding carboxylic acids is 1. The van der Waals surface area contributed by atoms with Crippen LogP contribution in [0, 0.1) is 10.1 Å². The summed E-state index contributed by atoms with van der Waals surface area (Å²) in [6.07, 6.45) is -0.708. The molecule has 0 saturated heterocycles. The van der Waals surface area contributed by atoms with Gasteiger partial charge < -0.3 is 9.90 Å². The van der Waals surface area contributed by atoms with E-state index >= 15 is 0 Å². The van der Waals surface area contributed by atoms with Crippen LogP contribution >= 0.6 is 0 Å². The molecular formula is C9H9NO4. The van der Waals surface area contributed by atoms with Crippen LogP contribution in [0.3, 0.4) is 0 Å². The molecule has 0 aliphatic carbocycles. The molecule has 5 nitrogen and oxygen atoms in total. The summed E-state index contributed by atoms with van der Waals surface area (Å²) >= 11 is 0. The number of hydrogen-bond donors (Lipinski definition) is 1. The average Bonchev–Trinajstić information content (AvgIpc) is 2.18. The first-order chi connectivity index (χ1) is 6.66. The second kappa shape index (κ2) is 4.48. The van der Waals surface area contributed by atoms with Crippen molar-refractivity contribution in [2.24, 2.45) is 0 Å². The minimum atomic E-state index is -1.10. The Balaban J connectivity index is 3.06. The van der Waals surface area contributed by atoms with E-state index in [1.165, 1.54) is 18.2 Å². The molecule has 0 heterocycles. The van der Waals surface area contributed by atoms with Crippen molar-refractivity contribution in [3.63, 3.8) is 0 Å². The predicted molar refractivity (Wildman–Crippen MR) is 48.7 cm³/mol. The van der Waals surface area contributed by atoms with Crippen LogP contribution in [0.1, 0.15) is 18.1 Å². The highest BCUT2D eigenvalue weighted by Crippen LogP contribution is 2.25. The lowest BCUT2D eigenvalue weighted by molar-refractivity contribution is -0.386. The second-order valence-electron chi connectivity index (χ2n) is 2.73. The molecule has 0 saturated carbocycles. The zero-order valence-electron chi connectivity index (χ0n) is 7.29. The van der Waals surface area contributed by atoms with E-state index in [2.05, 4.69) is 0 Å². The van der Waals surface area contributed by atoms with Crippen LogP contribution in [0.15, 0.2) is 24.3 Å². The lowest BCUT2D eigenvalue weighted by Gasteiger charge is -2.06. The molecule has 5 heteroatoms. The topological polar surface area (TPSA) is 80.4 Å². The summed E-state index contributed by atoms with van der Waals surface area (Å²) in [6, 6.07) is 5.82. The molecule has 0 fully saturated rings. The SMILES string of the molecule is O=CC[C@@H](O)c1ccccc1[N+](=O)[O-]. The minimum Gasteiger partial charge on any atom is -0.388 e. The Morgan fingerprint density at radius 2 is 2.14 bits per heavy atom. The number of aliphatic hydroxyl groups is 1. The third-order valence-corrected chi connectivity index (χ3v) is 1.81. The summed E-state index contributed by atoms with van der Waals surface area (Å²) in [5.41, 5.74) is 0.00597. The quantitative estimate of drug-likeness (QED) is 0.445. The number of aldehydes is 1. The molecule has 0 bridgehead atoms. The molecule has 0 spiro atoms. The fourth-order valence-electron chi connectivity index (χ4n) is 1.15. The minimum absolute atomic E-state index is 0.134. The number of hydrogen-bond acceptors (Lipinski definition) is 4. The van der Waals surface area contributed by atoms with Gasteiger partial charge in [-0.3, -0.25) is 10.1 Å². The van der Waals surface area contributed by atoms with Gasteiger partial charge in [-0.1, -0.05) is 12.1 Å². The number of aliphatic hydroxyl groups excluding tert-OH is 1. The molecule has 0 amide bonds. The Bertz CT molecular complexity index is 350. The summed E-state index contributed by atoms with van der Waals surface area (Å²) in [6.45, 7) is 0. The maximum Gasteiger partial charge on any atom is 0.275 e. The summed E-state index contributed by atoms with van der Waals surface area (Å²) < 4.78 is 0. The van der Waals surface area contributed by atoms with Crippen molar-refractivity contribution >= 4 is 12.0 Å². The van der Waals surface area contributed by atoms with Crippen molar-refractivity contribution in [1.29, 1.82) is 0 Å². The normalized spacial score (nSPS) is 12.1. The van der Waals surface area contributed by atoms with Crippen LogP contribution < -0.4 is 0 Å². The standard InChI is InChI=1S/C9H9NO4/c11-6-5-9(12)7-3-1-2-4-8(7)10(13)14/h1-4,6,9,12H,5H2/t9-/m1/s1. The van der Waals surface area contributed by atoms with Gasteiger partial charge >= 0.3 is 0 Å². The van der Waals surface area contributed by atoms with E-state index in [9.17, 15) is 20.0 Å². The molecule has 0 aromatic heterocycles. The average molecular weight is 195 g/mol. The molecule has 1 rings (SSSR count). The summed E-state index contributed by atoms with van der Waals surface area (Å²) in [5.74, 6) is 0. The van der Waals surface area contributed by atoms with Crippen LogP contribution in [0.2, 0.25) is 0 Å². The van der Waals surface area contributed by atoms with E-state index in [4.69, 9.17) is 0 Å². The highest BCUT2D eigenvalue weighted by Gasteiger charge is 2.18. The Morgan fingerprint density at radius 1 is 1.50 bits per heavy atom. The lowest BCUT2D eigenvalue weighted by atomic mass is 10.1. The Hall–Kier alpha value is -1.75. The van der Waals surface area contributed by atoms with Gasteiger partial charge in [-0.25, -0.2) is 0 Å². The number of benzene rings is 1. The molecule has 74 valence electrons. The first-order valence-electron chi connectivity index (χ1n) is 4.02. The first kappa shape index (κ1) is 10.3. The van der Waals surface area contributed by atoms with Gasteiger partial charge in [0.15, 0.2) is 0 Å². The van der Waals surface area contributed by atoms with Gasteiger partial charge in [-0.15, -0.1) is 0 Å². The van der Waals surface area contributed by atoms with Crippen molar-refractivity contribution < 1.29 is 14.8 Å². The fraction of sp³-hybridized carbons (Fsp3) is 0.222. The van der Waals surface area contributed by atoms with Crippen LogP contribution in [0.25, 0.3) is 0 Å². The van der Waals surface area contributed by atoms with Crippen LogP contribution in [-0.4, -0.2) is 16.3 Å². The van der Waals surface area contributed by atoms with Crippen molar-refractivity contribution in [2.45, 2.75) is 12.5 Å². The van der Waals surface area contributed by atoms with Crippen LogP contribution in [0.5, 0.6) is 0 Å². The Morgan fingerprint density at radius 3 is 2.71 bits per heavy atom. The molecule has 1 aromatic carbocycles.